The van der Waals surface area contributed by atoms with Gasteiger partial charge in [0.15, 0.2) is 5.13 Å². The van der Waals surface area contributed by atoms with Crippen molar-refractivity contribution in [2.75, 3.05) is 11.9 Å². The molecule has 1 aromatic rings. The highest BCUT2D eigenvalue weighted by atomic mass is 32.1. The van der Waals surface area contributed by atoms with Crippen LogP contribution in [0.3, 0.4) is 0 Å². The average Bonchev–Trinajstić information content (AvgIpc) is 2.76. The fourth-order valence-corrected chi connectivity index (χ4v) is 2.93. The van der Waals surface area contributed by atoms with E-state index in [-0.39, 0.29) is 6.10 Å². The number of thiazole rings is 1. The number of hydrogen-bond donors (Lipinski definition) is 2. The van der Waals surface area contributed by atoms with Crippen molar-refractivity contribution in [3.05, 3.63) is 11.1 Å². The van der Waals surface area contributed by atoms with Crippen LogP contribution in [0.4, 0.5) is 5.13 Å². The van der Waals surface area contributed by atoms with Gasteiger partial charge in [0.25, 0.3) is 0 Å². The van der Waals surface area contributed by atoms with E-state index in [1.807, 2.05) is 0 Å². The van der Waals surface area contributed by atoms with Gasteiger partial charge in [0.1, 0.15) is 0 Å². The van der Waals surface area contributed by atoms with Crippen LogP contribution in [0.1, 0.15) is 38.3 Å². The maximum absolute atomic E-state index is 9.42. The summed E-state index contributed by atoms with van der Waals surface area (Å²) in [6.45, 7) is 3.13. The molecule has 1 aliphatic rings. The number of aromatic nitrogens is 1. The predicted octanol–water partition coefficient (Wildman–Crippen LogP) is 2.67. The molecule has 3 nitrogen and oxygen atoms in total. The summed E-state index contributed by atoms with van der Waals surface area (Å²) >= 11 is 1.69. The molecule has 2 N–H and O–H groups in total. The van der Waals surface area contributed by atoms with Crippen LogP contribution in [0.5, 0.6) is 0 Å². The van der Waals surface area contributed by atoms with Gasteiger partial charge in [-0.3, -0.25) is 0 Å². The van der Waals surface area contributed by atoms with Crippen molar-refractivity contribution < 1.29 is 5.11 Å². The lowest BCUT2D eigenvalue weighted by Crippen LogP contribution is -2.23. The summed E-state index contributed by atoms with van der Waals surface area (Å²) in [5.41, 5.74) is 1.17. The zero-order valence-electron chi connectivity index (χ0n) is 9.78. The molecule has 0 atom stereocenters. The predicted molar refractivity (Wildman–Crippen MR) is 67.9 cm³/mol. The van der Waals surface area contributed by atoms with Crippen LogP contribution in [0, 0.1) is 5.92 Å². The Morgan fingerprint density at radius 2 is 2.19 bits per heavy atom. The molecule has 0 spiro atoms. The summed E-state index contributed by atoms with van der Waals surface area (Å²) in [7, 11) is 0. The number of aliphatic hydroxyl groups excluding tert-OH is 1. The smallest absolute Gasteiger partial charge is 0.182 e. The fraction of sp³-hybridized carbons (Fsp3) is 0.750. The molecule has 1 saturated carbocycles. The van der Waals surface area contributed by atoms with Gasteiger partial charge in [-0.2, -0.15) is 0 Å². The van der Waals surface area contributed by atoms with Gasteiger partial charge in [0.05, 0.1) is 11.8 Å². The first-order chi connectivity index (χ1) is 7.78. The van der Waals surface area contributed by atoms with E-state index in [4.69, 9.17) is 0 Å². The van der Waals surface area contributed by atoms with Crippen molar-refractivity contribution in [3.63, 3.8) is 0 Å². The lowest BCUT2D eigenvalue weighted by atomic mass is 9.87. The topological polar surface area (TPSA) is 45.1 Å². The van der Waals surface area contributed by atoms with Gasteiger partial charge in [-0.05, 0) is 38.0 Å². The van der Waals surface area contributed by atoms with Crippen LogP contribution in [0.25, 0.3) is 0 Å². The van der Waals surface area contributed by atoms with Crippen molar-refractivity contribution in [3.8, 4) is 0 Å². The van der Waals surface area contributed by atoms with E-state index in [1.165, 1.54) is 5.69 Å². The summed E-state index contributed by atoms with van der Waals surface area (Å²) in [5, 5.41) is 16.0. The molecule has 1 aromatic heterocycles. The zero-order valence-corrected chi connectivity index (χ0v) is 10.6. The van der Waals surface area contributed by atoms with Gasteiger partial charge in [-0.25, -0.2) is 4.98 Å². The number of rotatable bonds is 4. The highest BCUT2D eigenvalue weighted by molar-refractivity contribution is 7.13. The number of hydrogen-bond acceptors (Lipinski definition) is 4. The number of nitrogens with one attached hydrogen (secondary N) is 1. The third kappa shape index (κ3) is 3.19. The Labute approximate surface area is 101 Å². The van der Waals surface area contributed by atoms with E-state index in [9.17, 15) is 5.11 Å². The molecule has 16 heavy (non-hydrogen) atoms. The monoisotopic (exact) mass is 240 g/mol. The molecule has 0 aliphatic heterocycles. The Hall–Kier alpha value is -0.610. The standard InChI is InChI=1S/C12H20N2OS/c1-2-10-8-16-12(14-10)13-7-9-3-5-11(15)6-4-9/h8-9,11,15H,2-7H2,1H3,(H,13,14). The fourth-order valence-electron chi connectivity index (χ4n) is 2.13. The average molecular weight is 240 g/mol. The van der Waals surface area contributed by atoms with Crippen LogP contribution in [-0.2, 0) is 6.42 Å². The van der Waals surface area contributed by atoms with Crippen LogP contribution in [-0.4, -0.2) is 22.7 Å². The molecular formula is C12H20N2OS. The maximum Gasteiger partial charge on any atom is 0.182 e. The molecule has 90 valence electrons. The highest BCUT2D eigenvalue weighted by Crippen LogP contribution is 2.25. The van der Waals surface area contributed by atoms with E-state index in [0.717, 1.165) is 43.8 Å². The molecule has 1 heterocycles. The van der Waals surface area contributed by atoms with E-state index in [0.29, 0.717) is 5.92 Å². The molecule has 0 amide bonds. The van der Waals surface area contributed by atoms with Gasteiger partial charge in [0.2, 0.25) is 0 Å². The largest absolute Gasteiger partial charge is 0.393 e. The van der Waals surface area contributed by atoms with E-state index >= 15 is 0 Å². The zero-order chi connectivity index (χ0) is 11.4. The van der Waals surface area contributed by atoms with E-state index in [1.54, 1.807) is 11.3 Å². The lowest BCUT2D eigenvalue weighted by molar-refractivity contribution is 0.111. The van der Waals surface area contributed by atoms with Crippen LogP contribution >= 0.6 is 11.3 Å². The highest BCUT2D eigenvalue weighted by Gasteiger charge is 2.19. The van der Waals surface area contributed by atoms with Crippen molar-refractivity contribution in [1.29, 1.82) is 0 Å². The van der Waals surface area contributed by atoms with Crippen molar-refractivity contribution >= 4 is 16.5 Å². The second kappa shape index (κ2) is 5.64. The first-order valence-electron chi connectivity index (χ1n) is 6.14. The Morgan fingerprint density at radius 1 is 1.44 bits per heavy atom. The number of nitrogens with zero attached hydrogens (tertiary/aromatic N) is 1. The third-order valence-corrected chi connectivity index (χ3v) is 4.12. The lowest BCUT2D eigenvalue weighted by Gasteiger charge is -2.25. The second-order valence-corrected chi connectivity index (χ2v) is 5.41. The summed E-state index contributed by atoms with van der Waals surface area (Å²) < 4.78 is 0. The van der Waals surface area contributed by atoms with Gasteiger partial charge < -0.3 is 10.4 Å². The summed E-state index contributed by atoms with van der Waals surface area (Å²) in [5.74, 6) is 0.706. The third-order valence-electron chi connectivity index (χ3n) is 3.27. The van der Waals surface area contributed by atoms with Gasteiger partial charge in [-0.1, -0.05) is 6.92 Å². The Balaban J connectivity index is 1.74. The first kappa shape index (κ1) is 11.9. The summed E-state index contributed by atoms with van der Waals surface area (Å²) in [4.78, 5) is 4.49. The molecule has 0 aromatic carbocycles. The van der Waals surface area contributed by atoms with E-state index in [2.05, 4.69) is 22.6 Å². The normalized spacial score (nSPS) is 25.6. The molecule has 0 saturated heterocycles. The van der Waals surface area contributed by atoms with Gasteiger partial charge in [0, 0.05) is 11.9 Å². The Morgan fingerprint density at radius 3 is 2.81 bits per heavy atom. The molecule has 1 aliphatic carbocycles. The van der Waals surface area contributed by atoms with E-state index < -0.39 is 0 Å². The molecule has 0 radical (unpaired) electrons. The SMILES string of the molecule is CCc1csc(NCC2CCC(O)CC2)n1. The maximum atomic E-state index is 9.42. The molecule has 2 rings (SSSR count). The Kier molecular flexibility index (Phi) is 4.18. The second-order valence-electron chi connectivity index (χ2n) is 4.55. The van der Waals surface area contributed by atoms with Crippen LogP contribution < -0.4 is 5.32 Å². The minimum Gasteiger partial charge on any atom is -0.393 e. The van der Waals surface area contributed by atoms with Crippen LogP contribution in [0.15, 0.2) is 5.38 Å². The summed E-state index contributed by atoms with van der Waals surface area (Å²) in [6, 6.07) is 0. The van der Waals surface area contributed by atoms with Crippen LogP contribution in [0.2, 0.25) is 0 Å². The molecule has 0 unspecified atom stereocenters. The van der Waals surface area contributed by atoms with Crippen molar-refractivity contribution in [1.82, 2.24) is 4.98 Å². The number of aryl methyl sites for hydroxylation is 1. The molecule has 0 bridgehead atoms. The number of anilines is 1. The first-order valence-corrected chi connectivity index (χ1v) is 7.02. The quantitative estimate of drug-likeness (QED) is 0.850. The molecule has 1 fully saturated rings. The summed E-state index contributed by atoms with van der Waals surface area (Å²) in [6.07, 6.45) is 5.16. The minimum atomic E-state index is -0.0530. The Bertz CT molecular complexity index is 319. The van der Waals surface area contributed by atoms with Crippen molar-refractivity contribution in [2.45, 2.75) is 45.1 Å². The van der Waals surface area contributed by atoms with Crippen molar-refractivity contribution in [2.24, 2.45) is 5.92 Å². The molecule has 4 heteroatoms. The van der Waals surface area contributed by atoms with Gasteiger partial charge in [-0.15, -0.1) is 11.3 Å². The molecular weight excluding hydrogens is 220 g/mol. The minimum absolute atomic E-state index is 0.0530. The van der Waals surface area contributed by atoms with Gasteiger partial charge >= 0.3 is 0 Å². The number of aliphatic hydroxyl groups is 1.